The molecule has 0 N–H and O–H groups in total. The molecule has 0 aromatic heterocycles. The molecular weight excluding hydrogens is 366 g/mol. The zero-order chi connectivity index (χ0) is 19.2. The lowest BCUT2D eigenvalue weighted by atomic mass is 10.1. The number of esters is 1. The molecule has 140 valence electrons. The number of rotatable bonds is 6. The van der Waals surface area contributed by atoms with E-state index in [4.69, 9.17) is 16.3 Å². The van der Waals surface area contributed by atoms with Gasteiger partial charge in [-0.25, -0.2) is 4.79 Å². The fraction of sp³-hybridized carbons (Fsp3) is 0.238. The average molecular weight is 386 g/mol. The van der Waals surface area contributed by atoms with E-state index in [0.29, 0.717) is 24.6 Å². The largest absolute Gasteiger partial charge is 0.493 e. The lowest BCUT2D eigenvalue weighted by Crippen LogP contribution is -2.25. The number of hydrogen-bond acceptors (Lipinski definition) is 4. The SMILES string of the molecule is COC(=O)C=Cc1ccc(OCC2CC(=O)N(c3ccc(Cl)cc3)C2)cc1. The molecule has 1 heterocycles. The number of nitrogens with zero attached hydrogens (tertiary/aromatic N) is 1. The third-order valence-corrected chi connectivity index (χ3v) is 4.57. The topological polar surface area (TPSA) is 55.8 Å². The Kier molecular flexibility index (Phi) is 6.14. The molecule has 2 aromatic carbocycles. The standard InChI is InChI=1S/C21H20ClNO4/c1-26-21(25)11-4-15-2-9-19(10-3-15)27-14-16-12-20(24)23(13-16)18-7-5-17(22)6-8-18/h2-11,16H,12-14H2,1H3. The highest BCUT2D eigenvalue weighted by Gasteiger charge is 2.31. The molecule has 0 aliphatic carbocycles. The average Bonchev–Trinajstić information content (AvgIpc) is 3.06. The number of methoxy groups -OCH3 is 1. The Morgan fingerprint density at radius 2 is 1.89 bits per heavy atom. The van der Waals surface area contributed by atoms with E-state index in [2.05, 4.69) is 4.74 Å². The third kappa shape index (κ3) is 5.11. The van der Waals surface area contributed by atoms with Crippen molar-refractivity contribution in [3.05, 3.63) is 65.2 Å². The minimum Gasteiger partial charge on any atom is -0.493 e. The van der Waals surface area contributed by atoms with Crippen LogP contribution in [0.5, 0.6) is 5.75 Å². The van der Waals surface area contributed by atoms with Crippen molar-refractivity contribution in [2.45, 2.75) is 6.42 Å². The molecule has 1 amide bonds. The number of carbonyl (C=O) groups excluding carboxylic acids is 2. The quantitative estimate of drug-likeness (QED) is 0.558. The summed E-state index contributed by atoms with van der Waals surface area (Å²) >= 11 is 5.90. The maximum absolute atomic E-state index is 12.3. The molecule has 1 unspecified atom stereocenters. The second kappa shape index (κ2) is 8.73. The first kappa shape index (κ1) is 19.0. The van der Waals surface area contributed by atoms with Crippen LogP contribution in [0.4, 0.5) is 5.69 Å². The molecule has 3 rings (SSSR count). The van der Waals surface area contributed by atoms with Gasteiger partial charge in [0.25, 0.3) is 0 Å². The van der Waals surface area contributed by atoms with Gasteiger partial charge in [-0.2, -0.15) is 0 Å². The van der Waals surface area contributed by atoms with Gasteiger partial charge in [-0.15, -0.1) is 0 Å². The van der Waals surface area contributed by atoms with Gasteiger partial charge in [0.2, 0.25) is 5.91 Å². The molecule has 5 nitrogen and oxygen atoms in total. The zero-order valence-corrected chi connectivity index (χ0v) is 15.7. The van der Waals surface area contributed by atoms with Crippen LogP contribution in [0.25, 0.3) is 6.08 Å². The highest BCUT2D eigenvalue weighted by atomic mass is 35.5. The second-order valence-electron chi connectivity index (χ2n) is 6.29. The first-order valence-corrected chi connectivity index (χ1v) is 8.98. The van der Waals surface area contributed by atoms with E-state index in [-0.39, 0.29) is 11.8 Å². The molecule has 1 saturated heterocycles. The molecule has 0 radical (unpaired) electrons. The summed E-state index contributed by atoms with van der Waals surface area (Å²) in [6, 6.07) is 14.7. The molecule has 2 aromatic rings. The van der Waals surface area contributed by atoms with Gasteiger partial charge in [-0.05, 0) is 48.0 Å². The van der Waals surface area contributed by atoms with Crippen LogP contribution in [0.2, 0.25) is 5.02 Å². The molecule has 27 heavy (non-hydrogen) atoms. The highest BCUT2D eigenvalue weighted by Crippen LogP contribution is 2.27. The van der Waals surface area contributed by atoms with Crippen molar-refractivity contribution in [2.24, 2.45) is 5.92 Å². The fourth-order valence-electron chi connectivity index (χ4n) is 2.89. The molecule has 0 saturated carbocycles. The van der Waals surface area contributed by atoms with Crippen molar-refractivity contribution in [3.8, 4) is 5.75 Å². The van der Waals surface area contributed by atoms with Crippen molar-refractivity contribution in [3.63, 3.8) is 0 Å². The van der Waals surface area contributed by atoms with Crippen LogP contribution in [-0.4, -0.2) is 32.1 Å². The third-order valence-electron chi connectivity index (χ3n) is 4.32. The van der Waals surface area contributed by atoms with Crippen molar-refractivity contribution < 1.29 is 19.1 Å². The molecule has 1 aliphatic rings. The normalized spacial score (nSPS) is 16.7. The van der Waals surface area contributed by atoms with Crippen LogP contribution < -0.4 is 9.64 Å². The first-order valence-electron chi connectivity index (χ1n) is 8.60. The Morgan fingerprint density at radius 1 is 1.19 bits per heavy atom. The van der Waals surface area contributed by atoms with Gasteiger partial charge >= 0.3 is 5.97 Å². The van der Waals surface area contributed by atoms with Gasteiger partial charge in [-0.1, -0.05) is 23.7 Å². The van der Waals surface area contributed by atoms with E-state index < -0.39 is 5.97 Å². The van der Waals surface area contributed by atoms with Gasteiger partial charge in [0.05, 0.1) is 13.7 Å². The van der Waals surface area contributed by atoms with E-state index >= 15 is 0 Å². The molecule has 1 fully saturated rings. The Balaban J connectivity index is 1.53. The van der Waals surface area contributed by atoms with Crippen molar-refractivity contribution in [2.75, 3.05) is 25.2 Å². The van der Waals surface area contributed by atoms with Gasteiger partial charge in [0.15, 0.2) is 0 Å². The van der Waals surface area contributed by atoms with E-state index in [1.54, 1.807) is 23.1 Å². The second-order valence-corrected chi connectivity index (χ2v) is 6.72. The van der Waals surface area contributed by atoms with Crippen LogP contribution in [-0.2, 0) is 14.3 Å². The maximum Gasteiger partial charge on any atom is 0.330 e. The summed E-state index contributed by atoms with van der Waals surface area (Å²) in [4.78, 5) is 25.1. The molecule has 0 bridgehead atoms. The summed E-state index contributed by atoms with van der Waals surface area (Å²) in [5.74, 6) is 0.551. The van der Waals surface area contributed by atoms with Gasteiger partial charge in [-0.3, -0.25) is 4.79 Å². The summed E-state index contributed by atoms with van der Waals surface area (Å²) in [5, 5.41) is 0.648. The first-order chi connectivity index (χ1) is 13.0. The minimum absolute atomic E-state index is 0.0919. The van der Waals surface area contributed by atoms with E-state index in [1.165, 1.54) is 13.2 Å². The monoisotopic (exact) mass is 385 g/mol. The number of carbonyl (C=O) groups is 2. The lowest BCUT2D eigenvalue weighted by molar-refractivity contribution is -0.134. The van der Waals surface area contributed by atoms with Crippen molar-refractivity contribution in [1.29, 1.82) is 0 Å². The van der Waals surface area contributed by atoms with Crippen LogP contribution in [0.15, 0.2) is 54.6 Å². The van der Waals surface area contributed by atoms with Crippen LogP contribution >= 0.6 is 11.6 Å². The predicted octanol–water partition coefficient (Wildman–Crippen LogP) is 3.96. The predicted molar refractivity (Wildman–Crippen MR) is 105 cm³/mol. The number of benzene rings is 2. The van der Waals surface area contributed by atoms with Crippen molar-refractivity contribution in [1.82, 2.24) is 0 Å². The van der Waals surface area contributed by atoms with E-state index in [0.717, 1.165) is 17.0 Å². The Hall–Kier alpha value is -2.79. The Bertz CT molecular complexity index is 830. The van der Waals surface area contributed by atoms with Gasteiger partial charge < -0.3 is 14.4 Å². The smallest absolute Gasteiger partial charge is 0.330 e. The molecule has 0 spiro atoms. The van der Waals surface area contributed by atoms with Gasteiger partial charge in [0.1, 0.15) is 5.75 Å². The summed E-state index contributed by atoms with van der Waals surface area (Å²) in [7, 11) is 1.34. The Labute approximate surface area is 163 Å². The van der Waals surface area contributed by atoms with Crippen molar-refractivity contribution >= 4 is 35.2 Å². The summed E-state index contributed by atoms with van der Waals surface area (Å²) < 4.78 is 10.4. The number of ether oxygens (including phenoxy) is 2. The van der Waals surface area contributed by atoms with E-state index in [1.807, 2.05) is 36.4 Å². The van der Waals surface area contributed by atoms with Crippen LogP contribution in [0.3, 0.4) is 0 Å². The highest BCUT2D eigenvalue weighted by molar-refractivity contribution is 6.30. The molecule has 6 heteroatoms. The molecular formula is C21H20ClNO4. The summed E-state index contributed by atoms with van der Waals surface area (Å²) in [5.41, 5.74) is 1.73. The summed E-state index contributed by atoms with van der Waals surface area (Å²) in [6.45, 7) is 1.09. The maximum atomic E-state index is 12.3. The number of amides is 1. The number of halogens is 1. The molecule has 1 aliphatic heterocycles. The minimum atomic E-state index is -0.397. The van der Waals surface area contributed by atoms with E-state index in [9.17, 15) is 9.59 Å². The van der Waals surface area contributed by atoms with Crippen LogP contribution in [0, 0.1) is 5.92 Å². The number of hydrogen-bond donors (Lipinski definition) is 0. The lowest BCUT2D eigenvalue weighted by Gasteiger charge is -2.17. The zero-order valence-electron chi connectivity index (χ0n) is 14.9. The fourth-order valence-corrected chi connectivity index (χ4v) is 3.01. The van der Waals surface area contributed by atoms with Crippen LogP contribution in [0.1, 0.15) is 12.0 Å². The summed E-state index contributed by atoms with van der Waals surface area (Å²) in [6.07, 6.45) is 3.50. The molecule has 1 atom stereocenters. The Morgan fingerprint density at radius 3 is 2.56 bits per heavy atom. The number of anilines is 1. The van der Waals surface area contributed by atoms with Gasteiger partial charge in [0, 0.05) is 35.7 Å².